The number of amides is 1. The number of benzene rings is 1. The molecule has 1 rings (SSSR count). The number of ether oxygens (including phenoxy) is 1. The van der Waals surface area contributed by atoms with Gasteiger partial charge in [0.1, 0.15) is 0 Å². The molecule has 0 aliphatic heterocycles. The molecule has 0 heterocycles. The van der Waals surface area contributed by atoms with Crippen LogP contribution in [0.5, 0.6) is 0 Å². The zero-order chi connectivity index (χ0) is 13.8. The maximum Gasteiger partial charge on any atom is 0.252 e. The predicted octanol–water partition coefficient (Wildman–Crippen LogP) is 0.855. The van der Waals surface area contributed by atoms with Crippen LogP contribution in [0.2, 0.25) is 0 Å². The smallest absolute Gasteiger partial charge is 0.252 e. The van der Waals surface area contributed by atoms with Crippen LogP contribution in [-0.2, 0) is 14.6 Å². The molecule has 1 unspecified atom stereocenters. The second-order valence-corrected chi connectivity index (χ2v) is 6.08. The van der Waals surface area contributed by atoms with Crippen molar-refractivity contribution in [3.63, 3.8) is 0 Å². The molecule has 0 aromatic heterocycles. The molecule has 0 aliphatic carbocycles. The molecular formula is C12H17NO4S. The summed E-state index contributed by atoms with van der Waals surface area (Å²) in [6.07, 6.45) is 1.08. The molecule has 6 heteroatoms. The van der Waals surface area contributed by atoms with Crippen molar-refractivity contribution in [1.82, 2.24) is 5.32 Å². The Morgan fingerprint density at radius 3 is 2.56 bits per heavy atom. The monoisotopic (exact) mass is 271 g/mol. The minimum atomic E-state index is -3.42. The summed E-state index contributed by atoms with van der Waals surface area (Å²) < 4.78 is 28.0. The van der Waals surface area contributed by atoms with E-state index in [9.17, 15) is 13.2 Å². The first kappa shape index (κ1) is 14.7. The lowest BCUT2D eigenvalue weighted by atomic mass is 10.2. The summed E-state index contributed by atoms with van der Waals surface area (Å²) in [6.45, 7) is 2.15. The van der Waals surface area contributed by atoms with Crippen molar-refractivity contribution in [2.24, 2.45) is 0 Å². The third-order valence-electron chi connectivity index (χ3n) is 2.33. The molecule has 1 aromatic rings. The summed E-state index contributed by atoms with van der Waals surface area (Å²) in [5.74, 6) is -0.416. The number of hydrogen-bond donors (Lipinski definition) is 1. The van der Waals surface area contributed by atoms with E-state index in [1.165, 1.54) is 19.2 Å². The second kappa shape index (κ2) is 5.97. The van der Waals surface area contributed by atoms with Crippen LogP contribution >= 0.6 is 0 Å². The Morgan fingerprint density at radius 1 is 1.39 bits per heavy atom. The average Bonchev–Trinajstić information content (AvgIpc) is 2.28. The molecule has 5 nitrogen and oxygen atoms in total. The number of carbonyl (C=O) groups is 1. The van der Waals surface area contributed by atoms with E-state index in [4.69, 9.17) is 4.74 Å². The van der Waals surface area contributed by atoms with E-state index in [1.807, 2.05) is 0 Å². The Balaban J connectivity index is 3.00. The number of rotatable bonds is 5. The normalized spacial score (nSPS) is 13.1. The first-order chi connectivity index (χ1) is 8.36. The molecule has 1 N–H and O–H groups in total. The van der Waals surface area contributed by atoms with Gasteiger partial charge in [-0.25, -0.2) is 8.42 Å². The lowest BCUT2D eigenvalue weighted by molar-refractivity contribution is 0.0902. The highest BCUT2D eigenvalue weighted by molar-refractivity contribution is 7.90. The maximum atomic E-state index is 12.0. The third kappa shape index (κ3) is 3.82. The number of sulfone groups is 1. The molecular weight excluding hydrogens is 254 g/mol. The van der Waals surface area contributed by atoms with Crippen molar-refractivity contribution in [1.29, 1.82) is 0 Å². The Bertz CT molecular complexity index is 525. The summed E-state index contributed by atoms with van der Waals surface area (Å²) >= 11 is 0. The van der Waals surface area contributed by atoms with Crippen LogP contribution in [0.1, 0.15) is 17.3 Å². The third-order valence-corrected chi connectivity index (χ3v) is 3.48. The largest absolute Gasteiger partial charge is 0.383 e. The van der Waals surface area contributed by atoms with E-state index < -0.39 is 15.7 Å². The molecule has 1 aromatic carbocycles. The predicted molar refractivity (Wildman–Crippen MR) is 68.4 cm³/mol. The van der Waals surface area contributed by atoms with Gasteiger partial charge in [-0.15, -0.1) is 0 Å². The molecule has 0 fully saturated rings. The van der Waals surface area contributed by atoms with Crippen molar-refractivity contribution < 1.29 is 17.9 Å². The van der Waals surface area contributed by atoms with Gasteiger partial charge in [0.25, 0.3) is 5.91 Å². The second-order valence-electron chi connectivity index (χ2n) is 4.10. The Hall–Kier alpha value is -1.40. The number of hydrogen-bond acceptors (Lipinski definition) is 4. The van der Waals surface area contributed by atoms with Crippen molar-refractivity contribution in [2.75, 3.05) is 20.0 Å². The summed E-state index contributed by atoms with van der Waals surface area (Å²) in [4.78, 5) is 12.0. The maximum absolute atomic E-state index is 12.0. The average molecular weight is 271 g/mol. The van der Waals surface area contributed by atoms with Crippen molar-refractivity contribution in [3.8, 4) is 0 Å². The van der Waals surface area contributed by atoms with Gasteiger partial charge in [-0.1, -0.05) is 12.1 Å². The van der Waals surface area contributed by atoms with Gasteiger partial charge in [0.2, 0.25) is 0 Å². The Labute approximate surface area is 107 Å². The molecule has 0 bridgehead atoms. The van der Waals surface area contributed by atoms with Crippen LogP contribution in [0.15, 0.2) is 29.2 Å². The minimum Gasteiger partial charge on any atom is -0.383 e. The fourth-order valence-electron chi connectivity index (χ4n) is 1.57. The topological polar surface area (TPSA) is 72.5 Å². The Kier molecular flexibility index (Phi) is 4.86. The van der Waals surface area contributed by atoms with Gasteiger partial charge < -0.3 is 10.1 Å². The van der Waals surface area contributed by atoms with Crippen molar-refractivity contribution in [2.45, 2.75) is 17.9 Å². The highest BCUT2D eigenvalue weighted by Crippen LogP contribution is 2.15. The Morgan fingerprint density at radius 2 is 2.00 bits per heavy atom. The minimum absolute atomic E-state index is 0.0344. The van der Waals surface area contributed by atoms with Crippen LogP contribution in [-0.4, -0.2) is 40.3 Å². The van der Waals surface area contributed by atoms with Gasteiger partial charge >= 0.3 is 0 Å². The summed E-state index contributed by atoms with van der Waals surface area (Å²) in [5.41, 5.74) is 0.156. The van der Waals surface area contributed by atoms with Gasteiger partial charge in [0.15, 0.2) is 9.84 Å². The van der Waals surface area contributed by atoms with E-state index in [-0.39, 0.29) is 16.5 Å². The molecule has 0 saturated carbocycles. The molecule has 1 atom stereocenters. The standard InChI is InChI=1S/C12H17NO4S/c1-9(8-17-2)13-12(14)10-6-4-5-7-11(10)18(3,15)16/h4-7,9H,8H2,1-3H3,(H,13,14). The number of nitrogens with one attached hydrogen (secondary N) is 1. The van der Waals surface area contributed by atoms with Crippen LogP contribution in [0.3, 0.4) is 0 Å². The van der Waals surface area contributed by atoms with Gasteiger partial charge in [-0.3, -0.25) is 4.79 Å². The fraction of sp³-hybridized carbons (Fsp3) is 0.417. The van der Waals surface area contributed by atoms with Crippen LogP contribution in [0, 0.1) is 0 Å². The fourth-order valence-corrected chi connectivity index (χ4v) is 2.46. The van der Waals surface area contributed by atoms with Crippen LogP contribution in [0.25, 0.3) is 0 Å². The first-order valence-electron chi connectivity index (χ1n) is 5.45. The molecule has 0 spiro atoms. The lowest BCUT2D eigenvalue weighted by Crippen LogP contribution is -2.36. The first-order valence-corrected chi connectivity index (χ1v) is 7.34. The number of carbonyl (C=O) groups excluding carboxylic acids is 1. The highest BCUT2D eigenvalue weighted by atomic mass is 32.2. The molecule has 0 aliphatic rings. The van der Waals surface area contributed by atoms with Crippen molar-refractivity contribution in [3.05, 3.63) is 29.8 Å². The number of methoxy groups -OCH3 is 1. The SMILES string of the molecule is COCC(C)NC(=O)c1ccccc1S(C)(=O)=O. The van der Waals surface area contributed by atoms with Gasteiger partial charge in [-0.05, 0) is 19.1 Å². The van der Waals surface area contributed by atoms with Gasteiger partial charge in [0, 0.05) is 19.4 Å². The quantitative estimate of drug-likeness (QED) is 0.862. The molecule has 0 saturated heterocycles. The summed E-state index contributed by atoms with van der Waals surface area (Å²) in [6, 6.07) is 5.95. The van der Waals surface area contributed by atoms with Crippen LogP contribution < -0.4 is 5.32 Å². The molecule has 0 radical (unpaired) electrons. The molecule has 100 valence electrons. The van der Waals surface area contributed by atoms with E-state index in [1.54, 1.807) is 19.1 Å². The van der Waals surface area contributed by atoms with E-state index in [0.29, 0.717) is 6.61 Å². The zero-order valence-corrected chi connectivity index (χ0v) is 11.5. The molecule has 1 amide bonds. The zero-order valence-electron chi connectivity index (χ0n) is 10.6. The van der Waals surface area contributed by atoms with Crippen LogP contribution in [0.4, 0.5) is 0 Å². The summed E-state index contributed by atoms with van der Waals surface area (Å²) in [5, 5.41) is 2.68. The van der Waals surface area contributed by atoms with E-state index in [2.05, 4.69) is 5.32 Å². The highest BCUT2D eigenvalue weighted by Gasteiger charge is 2.19. The van der Waals surface area contributed by atoms with E-state index >= 15 is 0 Å². The van der Waals surface area contributed by atoms with Gasteiger partial charge in [-0.2, -0.15) is 0 Å². The summed E-state index contributed by atoms with van der Waals surface area (Å²) in [7, 11) is -1.88. The van der Waals surface area contributed by atoms with Gasteiger partial charge in [0.05, 0.1) is 17.1 Å². The lowest BCUT2D eigenvalue weighted by Gasteiger charge is -2.14. The van der Waals surface area contributed by atoms with E-state index in [0.717, 1.165) is 6.26 Å². The van der Waals surface area contributed by atoms with Crippen molar-refractivity contribution >= 4 is 15.7 Å². The molecule has 18 heavy (non-hydrogen) atoms.